The van der Waals surface area contributed by atoms with Crippen molar-refractivity contribution in [3.05, 3.63) is 53.6 Å². The molecule has 0 saturated heterocycles. The Morgan fingerprint density at radius 1 is 1.10 bits per heavy atom. The number of anilines is 1. The van der Waals surface area contributed by atoms with Crippen LogP contribution < -0.4 is 4.72 Å². The molecule has 0 unspecified atom stereocenters. The summed E-state index contributed by atoms with van der Waals surface area (Å²) in [4.78, 5) is 2.56. The van der Waals surface area contributed by atoms with Crippen LogP contribution in [0, 0.1) is 24.4 Å². The summed E-state index contributed by atoms with van der Waals surface area (Å²) in [6, 6.07) is 2.37. The maximum atomic E-state index is 13.6. The number of aromatic nitrogens is 1. The van der Waals surface area contributed by atoms with Gasteiger partial charge in [0, 0.05) is 6.20 Å². The monoisotopic (exact) mass is 302 g/mol. The molecule has 0 aliphatic carbocycles. The molecule has 2 aromatic rings. The van der Waals surface area contributed by atoms with Gasteiger partial charge in [-0.3, -0.25) is 9.71 Å². The quantitative estimate of drug-likeness (QED) is 0.948. The van der Waals surface area contributed by atoms with Gasteiger partial charge in [-0.05, 0) is 30.7 Å². The van der Waals surface area contributed by atoms with Crippen molar-refractivity contribution in [3.8, 4) is 0 Å². The zero-order valence-corrected chi connectivity index (χ0v) is 11.0. The molecule has 20 heavy (non-hydrogen) atoms. The molecule has 0 bridgehead atoms. The highest BCUT2D eigenvalue weighted by Gasteiger charge is 2.22. The standard InChI is InChI=1S/C12H9F3N2O2S/c1-7-4-9(14)12(5-8(7)13)20(18,19)17-11-2-3-16-6-10(11)15/h2-6H,1H3,(H,16,17). The van der Waals surface area contributed by atoms with Gasteiger partial charge in [0.2, 0.25) is 0 Å². The van der Waals surface area contributed by atoms with Crippen LogP contribution in [0.4, 0.5) is 18.9 Å². The van der Waals surface area contributed by atoms with Crippen LogP contribution in [0.15, 0.2) is 35.5 Å². The first-order chi connectivity index (χ1) is 9.31. The zero-order valence-electron chi connectivity index (χ0n) is 10.2. The van der Waals surface area contributed by atoms with Gasteiger partial charge in [0.25, 0.3) is 10.0 Å². The lowest BCUT2D eigenvalue weighted by molar-refractivity contribution is 0.551. The molecule has 1 aromatic carbocycles. The maximum absolute atomic E-state index is 13.6. The molecule has 0 aliphatic heterocycles. The Bertz CT molecular complexity index is 763. The van der Waals surface area contributed by atoms with Gasteiger partial charge in [-0.1, -0.05) is 0 Å². The van der Waals surface area contributed by atoms with Crippen molar-refractivity contribution in [2.24, 2.45) is 0 Å². The zero-order chi connectivity index (χ0) is 14.9. The molecule has 0 aliphatic rings. The first kappa shape index (κ1) is 14.3. The Balaban J connectivity index is 2.47. The number of benzene rings is 1. The molecule has 0 amide bonds. The molecule has 1 aromatic heterocycles. The average Bonchev–Trinajstić information content (AvgIpc) is 2.36. The summed E-state index contributed by atoms with van der Waals surface area (Å²) in [6.07, 6.45) is 1.96. The van der Waals surface area contributed by atoms with Gasteiger partial charge in [0.1, 0.15) is 16.5 Å². The molecule has 0 radical (unpaired) electrons. The third kappa shape index (κ3) is 2.74. The highest BCUT2D eigenvalue weighted by atomic mass is 32.2. The van der Waals surface area contributed by atoms with E-state index >= 15 is 0 Å². The lowest BCUT2D eigenvalue weighted by Crippen LogP contribution is -2.16. The Hall–Kier alpha value is -2.09. The molecule has 0 spiro atoms. The minimum atomic E-state index is -4.44. The van der Waals surface area contributed by atoms with Crippen molar-refractivity contribution < 1.29 is 21.6 Å². The number of rotatable bonds is 3. The van der Waals surface area contributed by atoms with Gasteiger partial charge < -0.3 is 0 Å². The largest absolute Gasteiger partial charge is 0.276 e. The van der Waals surface area contributed by atoms with E-state index in [0.29, 0.717) is 6.07 Å². The number of aryl methyl sites for hydroxylation is 1. The van der Waals surface area contributed by atoms with E-state index in [4.69, 9.17) is 0 Å². The molecule has 1 N–H and O–H groups in total. The van der Waals surface area contributed by atoms with Gasteiger partial charge in [0.05, 0.1) is 11.9 Å². The molecular weight excluding hydrogens is 293 g/mol. The van der Waals surface area contributed by atoms with Crippen molar-refractivity contribution >= 4 is 15.7 Å². The number of nitrogens with one attached hydrogen (secondary N) is 1. The third-order valence-electron chi connectivity index (χ3n) is 2.52. The molecule has 0 atom stereocenters. The Labute approximate surface area is 113 Å². The van der Waals surface area contributed by atoms with E-state index in [-0.39, 0.29) is 5.56 Å². The van der Waals surface area contributed by atoms with E-state index in [1.807, 2.05) is 4.72 Å². The molecule has 1 heterocycles. The van der Waals surface area contributed by atoms with Crippen LogP contribution in [-0.4, -0.2) is 13.4 Å². The average molecular weight is 302 g/mol. The highest BCUT2D eigenvalue weighted by molar-refractivity contribution is 7.92. The minimum Gasteiger partial charge on any atom is -0.276 e. The van der Waals surface area contributed by atoms with Crippen molar-refractivity contribution in [1.82, 2.24) is 4.98 Å². The number of halogens is 3. The number of hydrogen-bond donors (Lipinski definition) is 1. The van der Waals surface area contributed by atoms with Crippen molar-refractivity contribution in [2.75, 3.05) is 4.72 Å². The first-order valence-corrected chi connectivity index (χ1v) is 6.87. The Morgan fingerprint density at radius 3 is 2.45 bits per heavy atom. The van der Waals surface area contributed by atoms with Crippen LogP contribution in [0.2, 0.25) is 0 Å². The summed E-state index contributed by atoms with van der Waals surface area (Å²) in [5.41, 5.74) is -0.433. The summed E-state index contributed by atoms with van der Waals surface area (Å²) in [7, 11) is -4.44. The first-order valence-electron chi connectivity index (χ1n) is 5.39. The van der Waals surface area contributed by atoms with E-state index in [0.717, 1.165) is 24.5 Å². The molecular formula is C12H9F3N2O2S. The number of nitrogens with zero attached hydrogens (tertiary/aromatic N) is 1. The molecule has 106 valence electrons. The molecule has 0 saturated carbocycles. The smallest absolute Gasteiger partial charge is 0.265 e. The molecule has 2 rings (SSSR count). The summed E-state index contributed by atoms with van der Waals surface area (Å²) in [5, 5.41) is 0. The lowest BCUT2D eigenvalue weighted by Gasteiger charge is -2.10. The fourth-order valence-electron chi connectivity index (χ4n) is 1.49. The second-order valence-corrected chi connectivity index (χ2v) is 5.64. The topological polar surface area (TPSA) is 59.1 Å². The van der Waals surface area contributed by atoms with Crippen LogP contribution in [0.1, 0.15) is 5.56 Å². The second kappa shape index (κ2) is 5.12. The predicted octanol–water partition coefficient (Wildman–Crippen LogP) is 2.61. The summed E-state index contributed by atoms with van der Waals surface area (Å²) < 4.78 is 66.0. The SMILES string of the molecule is Cc1cc(F)c(S(=O)(=O)Nc2ccncc2F)cc1F. The van der Waals surface area contributed by atoms with Crippen LogP contribution in [0.3, 0.4) is 0 Å². The second-order valence-electron chi connectivity index (χ2n) is 3.99. The van der Waals surface area contributed by atoms with E-state index in [2.05, 4.69) is 4.98 Å². The van der Waals surface area contributed by atoms with Gasteiger partial charge in [-0.25, -0.2) is 21.6 Å². The maximum Gasteiger partial charge on any atom is 0.265 e. The molecule has 4 nitrogen and oxygen atoms in total. The Kier molecular flexibility index (Phi) is 3.67. The van der Waals surface area contributed by atoms with Crippen molar-refractivity contribution in [2.45, 2.75) is 11.8 Å². The summed E-state index contributed by atoms with van der Waals surface area (Å²) in [6.45, 7) is 1.30. The minimum absolute atomic E-state index is 0.0310. The number of pyridine rings is 1. The number of hydrogen-bond acceptors (Lipinski definition) is 3. The van der Waals surface area contributed by atoms with Crippen molar-refractivity contribution in [1.29, 1.82) is 0 Å². The normalized spacial score (nSPS) is 11.4. The Morgan fingerprint density at radius 2 is 1.80 bits per heavy atom. The highest BCUT2D eigenvalue weighted by Crippen LogP contribution is 2.22. The fraction of sp³-hybridized carbons (Fsp3) is 0.0833. The number of sulfonamides is 1. The van der Waals surface area contributed by atoms with Crippen LogP contribution in [-0.2, 0) is 10.0 Å². The van der Waals surface area contributed by atoms with Crippen LogP contribution in [0.5, 0.6) is 0 Å². The summed E-state index contributed by atoms with van der Waals surface area (Å²) in [5.74, 6) is -2.92. The van der Waals surface area contributed by atoms with E-state index in [1.165, 1.54) is 6.92 Å². The molecule has 8 heteroatoms. The van der Waals surface area contributed by atoms with Gasteiger partial charge >= 0.3 is 0 Å². The van der Waals surface area contributed by atoms with E-state index in [9.17, 15) is 21.6 Å². The van der Waals surface area contributed by atoms with Crippen LogP contribution in [0.25, 0.3) is 0 Å². The van der Waals surface area contributed by atoms with Gasteiger partial charge in [-0.2, -0.15) is 0 Å². The summed E-state index contributed by atoms with van der Waals surface area (Å²) >= 11 is 0. The lowest BCUT2D eigenvalue weighted by atomic mass is 10.2. The molecule has 0 fully saturated rings. The fourth-order valence-corrected chi connectivity index (χ4v) is 2.63. The predicted molar refractivity (Wildman–Crippen MR) is 66.1 cm³/mol. The third-order valence-corrected chi connectivity index (χ3v) is 3.90. The van der Waals surface area contributed by atoms with Gasteiger partial charge in [0.15, 0.2) is 5.82 Å². The van der Waals surface area contributed by atoms with Gasteiger partial charge in [-0.15, -0.1) is 0 Å². The van der Waals surface area contributed by atoms with Crippen molar-refractivity contribution in [3.63, 3.8) is 0 Å². The van der Waals surface area contributed by atoms with Crippen LogP contribution >= 0.6 is 0 Å². The van der Waals surface area contributed by atoms with E-state index < -0.39 is 38.1 Å². The van der Waals surface area contributed by atoms with E-state index in [1.54, 1.807) is 0 Å².